The van der Waals surface area contributed by atoms with Gasteiger partial charge >= 0.3 is 6.03 Å². The zero-order valence-corrected chi connectivity index (χ0v) is 15.9. The van der Waals surface area contributed by atoms with E-state index in [0.717, 1.165) is 11.1 Å². The second-order valence-corrected chi connectivity index (χ2v) is 8.08. The van der Waals surface area contributed by atoms with Gasteiger partial charge in [0.1, 0.15) is 17.2 Å². The SMILES string of the molecule is CC1(C)NC(=O)N(CCSC(c2ccc(F)cc2)c2ccc(F)cc2)C1=O. The van der Waals surface area contributed by atoms with Gasteiger partial charge in [-0.15, -0.1) is 11.8 Å². The summed E-state index contributed by atoms with van der Waals surface area (Å²) in [6.45, 7) is 3.60. The van der Waals surface area contributed by atoms with Crippen molar-refractivity contribution in [3.05, 3.63) is 71.3 Å². The van der Waals surface area contributed by atoms with Crippen LogP contribution in [-0.4, -0.2) is 34.7 Å². The van der Waals surface area contributed by atoms with Gasteiger partial charge in [-0.25, -0.2) is 13.6 Å². The summed E-state index contributed by atoms with van der Waals surface area (Å²) in [4.78, 5) is 25.5. The Balaban J connectivity index is 1.74. The van der Waals surface area contributed by atoms with Gasteiger partial charge in [0.25, 0.3) is 5.91 Å². The van der Waals surface area contributed by atoms with E-state index in [4.69, 9.17) is 0 Å². The molecule has 7 heteroatoms. The average molecular weight is 390 g/mol. The number of urea groups is 1. The van der Waals surface area contributed by atoms with E-state index < -0.39 is 11.6 Å². The van der Waals surface area contributed by atoms with Gasteiger partial charge in [-0.05, 0) is 49.2 Å². The minimum Gasteiger partial charge on any atom is -0.324 e. The maximum absolute atomic E-state index is 13.3. The number of hydrogen-bond acceptors (Lipinski definition) is 3. The normalized spacial score (nSPS) is 16.1. The summed E-state index contributed by atoms with van der Waals surface area (Å²) in [5, 5.41) is 2.49. The van der Waals surface area contributed by atoms with Crippen LogP contribution in [0.15, 0.2) is 48.5 Å². The molecule has 2 aromatic carbocycles. The Kier molecular flexibility index (Phi) is 5.51. The molecule has 0 spiro atoms. The molecule has 1 heterocycles. The van der Waals surface area contributed by atoms with Gasteiger partial charge in [0, 0.05) is 12.3 Å². The summed E-state index contributed by atoms with van der Waals surface area (Å²) in [6.07, 6.45) is 0. The molecule has 1 fully saturated rings. The molecule has 3 amide bonds. The van der Waals surface area contributed by atoms with E-state index in [9.17, 15) is 18.4 Å². The standard InChI is InChI=1S/C20H20F2N2O2S/c1-20(2)18(25)24(19(26)23-20)11-12-27-17(13-3-7-15(21)8-4-13)14-5-9-16(22)10-6-14/h3-10,17H,11-12H2,1-2H3,(H,23,26). The predicted octanol–water partition coefficient (Wildman–Crippen LogP) is 4.12. The molecule has 1 N–H and O–H groups in total. The third kappa shape index (κ3) is 4.30. The van der Waals surface area contributed by atoms with Gasteiger partial charge in [-0.3, -0.25) is 9.69 Å². The van der Waals surface area contributed by atoms with E-state index in [0.29, 0.717) is 5.75 Å². The van der Waals surface area contributed by atoms with Crippen LogP contribution in [-0.2, 0) is 4.79 Å². The third-order valence-electron chi connectivity index (χ3n) is 4.39. The molecular weight excluding hydrogens is 370 g/mol. The molecule has 142 valence electrons. The van der Waals surface area contributed by atoms with Gasteiger partial charge < -0.3 is 5.32 Å². The smallest absolute Gasteiger partial charge is 0.324 e. The van der Waals surface area contributed by atoms with Crippen LogP contribution in [0.4, 0.5) is 13.6 Å². The first-order chi connectivity index (χ1) is 12.8. The van der Waals surface area contributed by atoms with Crippen molar-refractivity contribution in [2.75, 3.05) is 12.3 Å². The van der Waals surface area contributed by atoms with Crippen LogP contribution in [0.2, 0.25) is 0 Å². The van der Waals surface area contributed by atoms with E-state index >= 15 is 0 Å². The number of nitrogens with one attached hydrogen (secondary N) is 1. The topological polar surface area (TPSA) is 49.4 Å². The molecule has 0 atom stereocenters. The van der Waals surface area contributed by atoms with Gasteiger partial charge in [0.2, 0.25) is 0 Å². The Hall–Kier alpha value is -2.41. The summed E-state index contributed by atoms with van der Waals surface area (Å²) in [6, 6.07) is 11.9. The Bertz CT molecular complexity index is 793. The predicted molar refractivity (Wildman–Crippen MR) is 101 cm³/mol. The number of amides is 3. The molecule has 0 radical (unpaired) electrons. The lowest BCUT2D eigenvalue weighted by Crippen LogP contribution is -2.40. The highest BCUT2D eigenvalue weighted by atomic mass is 32.2. The highest BCUT2D eigenvalue weighted by Crippen LogP contribution is 2.36. The monoisotopic (exact) mass is 390 g/mol. The van der Waals surface area contributed by atoms with Gasteiger partial charge in [-0.1, -0.05) is 24.3 Å². The average Bonchev–Trinajstić information content (AvgIpc) is 2.82. The van der Waals surface area contributed by atoms with E-state index in [2.05, 4.69) is 5.32 Å². The third-order valence-corrected chi connectivity index (χ3v) is 5.69. The highest BCUT2D eigenvalue weighted by molar-refractivity contribution is 7.99. The van der Waals surface area contributed by atoms with Gasteiger partial charge in [0.05, 0.1) is 5.25 Å². The fraction of sp³-hybridized carbons (Fsp3) is 0.300. The second-order valence-electron chi connectivity index (χ2n) is 6.87. The molecule has 0 aromatic heterocycles. The summed E-state index contributed by atoms with van der Waals surface area (Å²) in [5.41, 5.74) is 0.839. The summed E-state index contributed by atoms with van der Waals surface area (Å²) in [5.74, 6) is -0.422. The summed E-state index contributed by atoms with van der Waals surface area (Å²) >= 11 is 1.51. The number of benzene rings is 2. The summed E-state index contributed by atoms with van der Waals surface area (Å²) < 4.78 is 26.6. The lowest BCUT2D eigenvalue weighted by Gasteiger charge is -2.20. The number of nitrogens with zero attached hydrogens (tertiary/aromatic N) is 1. The fourth-order valence-electron chi connectivity index (χ4n) is 2.94. The van der Waals surface area contributed by atoms with E-state index in [-0.39, 0.29) is 29.3 Å². The molecule has 1 saturated heterocycles. The Morgan fingerprint density at radius 2 is 1.44 bits per heavy atom. The van der Waals surface area contributed by atoms with Gasteiger partial charge in [-0.2, -0.15) is 0 Å². The van der Waals surface area contributed by atoms with Crippen LogP contribution < -0.4 is 5.32 Å². The van der Waals surface area contributed by atoms with Crippen LogP contribution in [0, 0.1) is 11.6 Å². The quantitative estimate of drug-likeness (QED) is 0.755. The highest BCUT2D eigenvalue weighted by Gasteiger charge is 2.43. The zero-order chi connectivity index (χ0) is 19.6. The lowest BCUT2D eigenvalue weighted by atomic mass is 10.0. The molecule has 1 aliphatic heterocycles. The Morgan fingerprint density at radius 1 is 0.963 bits per heavy atom. The second kappa shape index (κ2) is 7.68. The van der Waals surface area contributed by atoms with Crippen molar-refractivity contribution < 1.29 is 18.4 Å². The van der Waals surface area contributed by atoms with Crippen LogP contribution in [0.25, 0.3) is 0 Å². The number of imide groups is 1. The summed E-state index contributed by atoms with van der Waals surface area (Å²) in [7, 11) is 0. The van der Waals surface area contributed by atoms with Crippen molar-refractivity contribution in [3.8, 4) is 0 Å². The Labute approximate surface area is 160 Å². The zero-order valence-electron chi connectivity index (χ0n) is 15.0. The number of thioether (sulfide) groups is 1. The lowest BCUT2D eigenvalue weighted by molar-refractivity contribution is -0.130. The van der Waals surface area contributed by atoms with Crippen molar-refractivity contribution in [2.45, 2.75) is 24.6 Å². The molecule has 0 bridgehead atoms. The van der Waals surface area contributed by atoms with Crippen molar-refractivity contribution >= 4 is 23.7 Å². The van der Waals surface area contributed by atoms with Crippen LogP contribution >= 0.6 is 11.8 Å². The number of carbonyl (C=O) groups is 2. The number of hydrogen-bond donors (Lipinski definition) is 1. The van der Waals surface area contributed by atoms with Crippen LogP contribution in [0.1, 0.15) is 30.2 Å². The molecule has 27 heavy (non-hydrogen) atoms. The van der Waals surface area contributed by atoms with Crippen molar-refractivity contribution in [1.29, 1.82) is 0 Å². The van der Waals surface area contributed by atoms with Crippen molar-refractivity contribution in [2.24, 2.45) is 0 Å². The van der Waals surface area contributed by atoms with E-state index in [1.807, 2.05) is 0 Å². The fourth-order valence-corrected chi connectivity index (χ4v) is 4.17. The molecular formula is C20H20F2N2O2S. The molecule has 4 nitrogen and oxygen atoms in total. The Morgan fingerprint density at radius 3 is 1.85 bits per heavy atom. The van der Waals surface area contributed by atoms with E-state index in [1.54, 1.807) is 38.1 Å². The van der Waals surface area contributed by atoms with Crippen molar-refractivity contribution in [3.63, 3.8) is 0 Å². The minimum atomic E-state index is -0.894. The van der Waals surface area contributed by atoms with Crippen LogP contribution in [0.3, 0.4) is 0 Å². The van der Waals surface area contributed by atoms with Crippen LogP contribution in [0.5, 0.6) is 0 Å². The minimum absolute atomic E-state index is 0.167. The maximum Gasteiger partial charge on any atom is 0.325 e. The van der Waals surface area contributed by atoms with Crippen molar-refractivity contribution in [1.82, 2.24) is 10.2 Å². The first-order valence-electron chi connectivity index (χ1n) is 8.54. The number of rotatable bonds is 6. The first kappa shape index (κ1) is 19.4. The van der Waals surface area contributed by atoms with Gasteiger partial charge in [0.15, 0.2) is 0 Å². The molecule has 3 rings (SSSR count). The molecule has 0 saturated carbocycles. The first-order valence-corrected chi connectivity index (χ1v) is 9.59. The largest absolute Gasteiger partial charge is 0.325 e. The maximum atomic E-state index is 13.3. The molecule has 1 aliphatic rings. The number of halogens is 2. The molecule has 0 aliphatic carbocycles. The number of carbonyl (C=O) groups excluding carboxylic acids is 2. The van der Waals surface area contributed by atoms with E-state index in [1.165, 1.54) is 40.9 Å². The molecule has 2 aromatic rings. The molecule has 0 unspecified atom stereocenters.